The SMILES string of the molecule is CC1NCCC1C(=O)Nc1ccc(N2CCCC2)c(F)c1. The average Bonchev–Trinajstić information content (AvgIpc) is 3.10. The van der Waals surface area contributed by atoms with Crippen molar-refractivity contribution in [1.82, 2.24) is 5.32 Å². The van der Waals surface area contributed by atoms with Crippen LogP contribution in [0.5, 0.6) is 0 Å². The second-order valence-electron chi connectivity index (χ2n) is 5.99. The first-order valence-corrected chi connectivity index (χ1v) is 7.74. The molecule has 0 saturated carbocycles. The number of carbonyl (C=O) groups is 1. The van der Waals surface area contributed by atoms with E-state index in [1.54, 1.807) is 12.1 Å². The lowest BCUT2D eigenvalue weighted by Gasteiger charge is -2.19. The summed E-state index contributed by atoms with van der Waals surface area (Å²) in [5.41, 5.74) is 1.18. The highest BCUT2D eigenvalue weighted by atomic mass is 19.1. The Kier molecular flexibility index (Phi) is 4.10. The minimum Gasteiger partial charge on any atom is -0.369 e. The molecule has 2 fully saturated rings. The number of nitrogens with zero attached hydrogens (tertiary/aromatic N) is 1. The third-order valence-electron chi connectivity index (χ3n) is 4.52. The number of rotatable bonds is 3. The number of hydrogen-bond acceptors (Lipinski definition) is 3. The molecule has 1 aromatic carbocycles. The Morgan fingerprint density at radius 1 is 1.38 bits per heavy atom. The maximum Gasteiger partial charge on any atom is 0.229 e. The van der Waals surface area contributed by atoms with Gasteiger partial charge in [0.05, 0.1) is 11.6 Å². The maximum absolute atomic E-state index is 14.2. The minimum atomic E-state index is -0.257. The highest BCUT2D eigenvalue weighted by molar-refractivity contribution is 5.93. The molecule has 0 bridgehead atoms. The molecule has 3 rings (SSSR count). The van der Waals surface area contributed by atoms with Crippen LogP contribution in [-0.2, 0) is 4.79 Å². The zero-order valence-electron chi connectivity index (χ0n) is 12.4. The molecule has 21 heavy (non-hydrogen) atoms. The van der Waals surface area contributed by atoms with Crippen LogP contribution in [0.3, 0.4) is 0 Å². The fourth-order valence-electron chi connectivity index (χ4n) is 3.25. The van der Waals surface area contributed by atoms with Gasteiger partial charge in [0.15, 0.2) is 0 Å². The monoisotopic (exact) mass is 291 g/mol. The van der Waals surface area contributed by atoms with Crippen LogP contribution in [0.25, 0.3) is 0 Å². The lowest BCUT2D eigenvalue weighted by Crippen LogP contribution is -2.32. The molecule has 5 heteroatoms. The Hall–Kier alpha value is -1.62. The van der Waals surface area contributed by atoms with Crippen molar-refractivity contribution in [2.45, 2.75) is 32.2 Å². The summed E-state index contributed by atoms with van der Waals surface area (Å²) in [7, 11) is 0. The van der Waals surface area contributed by atoms with E-state index in [4.69, 9.17) is 0 Å². The Bertz CT molecular complexity index is 528. The number of amides is 1. The van der Waals surface area contributed by atoms with E-state index in [-0.39, 0.29) is 23.7 Å². The summed E-state index contributed by atoms with van der Waals surface area (Å²) in [5, 5.41) is 6.09. The topological polar surface area (TPSA) is 44.4 Å². The maximum atomic E-state index is 14.2. The van der Waals surface area contributed by atoms with Crippen LogP contribution in [0, 0.1) is 11.7 Å². The number of nitrogens with one attached hydrogen (secondary N) is 2. The molecule has 2 aliphatic heterocycles. The van der Waals surface area contributed by atoms with Crippen molar-refractivity contribution in [2.75, 3.05) is 29.9 Å². The van der Waals surface area contributed by atoms with Crippen molar-refractivity contribution in [3.8, 4) is 0 Å². The molecule has 4 nitrogen and oxygen atoms in total. The normalized spacial score (nSPS) is 25.3. The van der Waals surface area contributed by atoms with Gasteiger partial charge < -0.3 is 15.5 Å². The first kappa shape index (κ1) is 14.3. The molecule has 0 radical (unpaired) electrons. The zero-order valence-corrected chi connectivity index (χ0v) is 12.4. The molecule has 2 heterocycles. The fourth-order valence-corrected chi connectivity index (χ4v) is 3.25. The van der Waals surface area contributed by atoms with Gasteiger partial charge in [-0.2, -0.15) is 0 Å². The Labute approximate surface area is 124 Å². The molecule has 2 N–H and O–H groups in total. The van der Waals surface area contributed by atoms with Crippen LogP contribution in [0.1, 0.15) is 26.2 Å². The van der Waals surface area contributed by atoms with Gasteiger partial charge >= 0.3 is 0 Å². The van der Waals surface area contributed by atoms with E-state index in [1.165, 1.54) is 6.07 Å². The molecule has 1 amide bonds. The molecule has 0 aliphatic carbocycles. The van der Waals surface area contributed by atoms with Gasteiger partial charge in [-0.05, 0) is 50.9 Å². The van der Waals surface area contributed by atoms with Gasteiger partial charge in [0.1, 0.15) is 5.82 Å². The molecule has 2 saturated heterocycles. The highest BCUT2D eigenvalue weighted by Crippen LogP contribution is 2.26. The van der Waals surface area contributed by atoms with E-state index >= 15 is 0 Å². The predicted molar refractivity (Wildman–Crippen MR) is 82.0 cm³/mol. The van der Waals surface area contributed by atoms with Gasteiger partial charge in [0.2, 0.25) is 5.91 Å². The van der Waals surface area contributed by atoms with Crippen LogP contribution in [0.2, 0.25) is 0 Å². The van der Waals surface area contributed by atoms with Crippen molar-refractivity contribution in [3.05, 3.63) is 24.0 Å². The van der Waals surface area contributed by atoms with Gasteiger partial charge in [-0.1, -0.05) is 0 Å². The summed E-state index contributed by atoms with van der Waals surface area (Å²) in [4.78, 5) is 14.3. The van der Waals surface area contributed by atoms with E-state index in [1.807, 2.05) is 6.92 Å². The van der Waals surface area contributed by atoms with Crippen molar-refractivity contribution in [3.63, 3.8) is 0 Å². The lowest BCUT2D eigenvalue weighted by atomic mass is 10.0. The van der Waals surface area contributed by atoms with E-state index in [0.29, 0.717) is 11.4 Å². The second-order valence-corrected chi connectivity index (χ2v) is 5.99. The van der Waals surface area contributed by atoms with Crippen molar-refractivity contribution in [1.29, 1.82) is 0 Å². The molecule has 0 spiro atoms. The largest absolute Gasteiger partial charge is 0.369 e. The van der Waals surface area contributed by atoms with Crippen molar-refractivity contribution in [2.24, 2.45) is 5.92 Å². The highest BCUT2D eigenvalue weighted by Gasteiger charge is 2.29. The van der Waals surface area contributed by atoms with Crippen LogP contribution in [-0.4, -0.2) is 31.6 Å². The van der Waals surface area contributed by atoms with E-state index < -0.39 is 0 Å². The van der Waals surface area contributed by atoms with Crippen molar-refractivity contribution < 1.29 is 9.18 Å². The third-order valence-corrected chi connectivity index (χ3v) is 4.52. The van der Waals surface area contributed by atoms with Gasteiger partial charge in [-0.25, -0.2) is 4.39 Å². The Morgan fingerprint density at radius 2 is 2.14 bits per heavy atom. The molecule has 2 atom stereocenters. The Balaban J connectivity index is 1.68. The van der Waals surface area contributed by atoms with Crippen molar-refractivity contribution >= 4 is 17.3 Å². The number of hydrogen-bond donors (Lipinski definition) is 2. The second kappa shape index (κ2) is 6.02. The molecule has 2 aliphatic rings. The summed E-state index contributed by atoms with van der Waals surface area (Å²) in [6.45, 7) is 4.69. The number of halogens is 1. The van der Waals surface area contributed by atoms with Gasteiger partial charge in [-0.3, -0.25) is 4.79 Å². The average molecular weight is 291 g/mol. The van der Waals surface area contributed by atoms with Crippen LogP contribution >= 0.6 is 0 Å². The molecule has 2 unspecified atom stereocenters. The summed E-state index contributed by atoms with van der Waals surface area (Å²) in [6, 6.07) is 5.17. The Morgan fingerprint density at radius 3 is 2.76 bits per heavy atom. The summed E-state index contributed by atoms with van der Waals surface area (Å²) >= 11 is 0. The quantitative estimate of drug-likeness (QED) is 0.898. The van der Waals surface area contributed by atoms with E-state index in [9.17, 15) is 9.18 Å². The van der Waals surface area contributed by atoms with Crippen LogP contribution in [0.15, 0.2) is 18.2 Å². The van der Waals surface area contributed by atoms with Gasteiger partial charge in [0.25, 0.3) is 0 Å². The molecular formula is C16H22FN3O. The molecule has 1 aromatic rings. The standard InChI is InChI=1S/C16H22FN3O/c1-11-13(6-7-18-11)16(21)19-12-4-5-15(14(17)10-12)20-8-2-3-9-20/h4-5,10-11,13,18H,2-3,6-9H2,1H3,(H,19,21). The summed E-state index contributed by atoms with van der Waals surface area (Å²) in [6.07, 6.45) is 3.07. The van der Waals surface area contributed by atoms with Crippen LogP contribution in [0.4, 0.5) is 15.8 Å². The van der Waals surface area contributed by atoms with E-state index in [2.05, 4.69) is 15.5 Å². The number of anilines is 2. The first-order chi connectivity index (χ1) is 10.1. The minimum absolute atomic E-state index is 0.0270. The molecule has 114 valence electrons. The fraction of sp³-hybridized carbons (Fsp3) is 0.562. The van der Waals surface area contributed by atoms with Gasteiger partial charge in [0, 0.05) is 24.8 Å². The first-order valence-electron chi connectivity index (χ1n) is 7.74. The number of carbonyl (C=O) groups excluding carboxylic acids is 1. The van der Waals surface area contributed by atoms with Gasteiger partial charge in [-0.15, -0.1) is 0 Å². The molecule has 0 aromatic heterocycles. The smallest absolute Gasteiger partial charge is 0.229 e. The predicted octanol–water partition coefficient (Wildman–Crippen LogP) is 2.36. The van der Waals surface area contributed by atoms with E-state index in [0.717, 1.165) is 38.9 Å². The zero-order chi connectivity index (χ0) is 14.8. The lowest BCUT2D eigenvalue weighted by molar-refractivity contribution is -0.119. The van der Waals surface area contributed by atoms with Crippen LogP contribution < -0.4 is 15.5 Å². The number of benzene rings is 1. The summed E-state index contributed by atoms with van der Waals surface area (Å²) < 4.78 is 14.2. The third kappa shape index (κ3) is 3.02. The summed E-state index contributed by atoms with van der Waals surface area (Å²) in [5.74, 6) is -0.320. The molecular weight excluding hydrogens is 269 g/mol.